The fourth-order valence-electron chi connectivity index (χ4n) is 4.03. The van der Waals surface area contributed by atoms with Gasteiger partial charge in [0.25, 0.3) is 5.91 Å². The average Bonchev–Trinajstić information content (AvgIpc) is 3.05. The Morgan fingerprint density at radius 1 is 1.28 bits per heavy atom. The quantitative estimate of drug-likeness (QED) is 0.904. The van der Waals surface area contributed by atoms with Gasteiger partial charge in [0.2, 0.25) is 5.56 Å². The molecule has 1 atom stereocenters. The number of carbonyl (C=O) groups excluding carboxylic acids is 1. The zero-order valence-corrected chi connectivity index (χ0v) is 15.0. The molecule has 2 aromatic rings. The monoisotopic (exact) mass is 338 g/mol. The van der Waals surface area contributed by atoms with Crippen LogP contribution in [0.25, 0.3) is 0 Å². The molecule has 1 aliphatic heterocycles. The van der Waals surface area contributed by atoms with Crippen molar-refractivity contribution < 1.29 is 4.79 Å². The number of nitrogens with one attached hydrogen (secondary N) is 1. The largest absolute Gasteiger partial charge is 0.333 e. The molecule has 1 unspecified atom stereocenters. The minimum absolute atomic E-state index is 0.0427. The molecule has 3 rings (SSSR count). The lowest BCUT2D eigenvalue weighted by molar-refractivity contribution is 0.0563. The third-order valence-corrected chi connectivity index (χ3v) is 5.58. The Morgan fingerprint density at radius 3 is 2.72 bits per heavy atom. The summed E-state index contributed by atoms with van der Waals surface area (Å²) in [4.78, 5) is 29.3. The number of nitrogens with zero attached hydrogens (tertiary/aromatic N) is 1. The van der Waals surface area contributed by atoms with Gasteiger partial charge in [-0.2, -0.15) is 0 Å². The Kier molecular flexibility index (Phi) is 5.07. The van der Waals surface area contributed by atoms with Gasteiger partial charge in [0, 0.05) is 24.3 Å². The van der Waals surface area contributed by atoms with Gasteiger partial charge in [0.05, 0.1) is 5.56 Å². The van der Waals surface area contributed by atoms with E-state index >= 15 is 0 Å². The fraction of sp³-hybridized carbons (Fsp3) is 0.429. The van der Waals surface area contributed by atoms with E-state index in [1.807, 2.05) is 13.0 Å². The van der Waals surface area contributed by atoms with Crippen molar-refractivity contribution in [1.29, 1.82) is 0 Å². The molecule has 0 saturated carbocycles. The molecule has 1 aromatic carbocycles. The van der Waals surface area contributed by atoms with Gasteiger partial charge < -0.3 is 9.88 Å². The van der Waals surface area contributed by atoms with E-state index in [4.69, 9.17) is 0 Å². The molecular formula is C21H26N2O2. The van der Waals surface area contributed by atoms with Crippen LogP contribution in [0.1, 0.15) is 54.1 Å². The molecule has 2 heterocycles. The lowest BCUT2D eigenvalue weighted by atomic mass is 9.85. The van der Waals surface area contributed by atoms with Crippen LogP contribution in [0.15, 0.2) is 47.4 Å². The zero-order chi connectivity index (χ0) is 17.9. The summed E-state index contributed by atoms with van der Waals surface area (Å²) in [5.74, 6) is 0.0427. The van der Waals surface area contributed by atoms with Gasteiger partial charge in [-0.15, -0.1) is 0 Å². The summed E-state index contributed by atoms with van der Waals surface area (Å²) in [7, 11) is 0. The maximum atomic E-state index is 13.2. The molecule has 1 N–H and O–H groups in total. The predicted molar refractivity (Wildman–Crippen MR) is 99.9 cm³/mol. The lowest BCUT2D eigenvalue weighted by Crippen LogP contribution is -2.47. The average molecular weight is 338 g/mol. The minimum atomic E-state index is -0.165. The van der Waals surface area contributed by atoms with Crippen LogP contribution in [0.5, 0.6) is 0 Å². The molecule has 0 spiro atoms. The molecule has 1 aliphatic rings. The highest BCUT2D eigenvalue weighted by Gasteiger charge is 2.42. The number of hydrogen-bond acceptors (Lipinski definition) is 2. The topological polar surface area (TPSA) is 53.2 Å². The summed E-state index contributed by atoms with van der Waals surface area (Å²) in [5, 5.41) is 0. The second-order valence-corrected chi connectivity index (χ2v) is 7.02. The molecule has 1 aromatic heterocycles. The van der Waals surface area contributed by atoms with Gasteiger partial charge in [0.15, 0.2) is 0 Å². The summed E-state index contributed by atoms with van der Waals surface area (Å²) in [6.45, 7) is 4.80. The standard InChI is InChI=1S/C21H26N2O2/c1-3-21(12-10-17-8-5-4-6-9-17)11-7-13-23(21)20(25)18-15-22-19(24)14-16(18)2/h4-6,8-9,14-15H,3,7,10-13H2,1-2H3,(H,22,24). The maximum absolute atomic E-state index is 13.2. The smallest absolute Gasteiger partial charge is 0.256 e. The molecule has 0 radical (unpaired) electrons. The first-order valence-corrected chi connectivity index (χ1v) is 9.11. The van der Waals surface area contributed by atoms with Crippen LogP contribution in [0.3, 0.4) is 0 Å². The minimum Gasteiger partial charge on any atom is -0.333 e. The molecule has 4 heteroatoms. The Morgan fingerprint density at radius 2 is 2.04 bits per heavy atom. The highest BCUT2D eigenvalue weighted by molar-refractivity contribution is 5.96. The Labute approximate surface area is 148 Å². The normalized spacial score (nSPS) is 20.0. The van der Waals surface area contributed by atoms with E-state index in [0.717, 1.165) is 44.2 Å². The number of benzene rings is 1. The maximum Gasteiger partial charge on any atom is 0.256 e. The van der Waals surface area contributed by atoms with E-state index in [1.165, 1.54) is 11.6 Å². The second kappa shape index (κ2) is 7.26. The van der Waals surface area contributed by atoms with Crippen molar-refractivity contribution >= 4 is 5.91 Å². The number of pyridine rings is 1. The molecule has 1 saturated heterocycles. The molecular weight excluding hydrogens is 312 g/mol. The first-order valence-electron chi connectivity index (χ1n) is 9.11. The molecule has 1 amide bonds. The molecule has 4 nitrogen and oxygen atoms in total. The van der Waals surface area contributed by atoms with Crippen LogP contribution in [0, 0.1) is 6.92 Å². The Bertz CT molecular complexity index is 797. The first-order chi connectivity index (χ1) is 12.1. The number of H-pyrrole nitrogens is 1. The summed E-state index contributed by atoms with van der Waals surface area (Å²) in [5.41, 5.74) is 2.42. The van der Waals surface area contributed by atoms with Crippen molar-refractivity contribution in [2.75, 3.05) is 6.54 Å². The Balaban J connectivity index is 1.83. The van der Waals surface area contributed by atoms with Crippen LogP contribution in [-0.2, 0) is 6.42 Å². The van der Waals surface area contributed by atoms with Gasteiger partial charge in [-0.1, -0.05) is 37.3 Å². The number of rotatable bonds is 5. The second-order valence-electron chi connectivity index (χ2n) is 7.02. The number of aryl methyl sites for hydroxylation is 2. The van der Waals surface area contributed by atoms with Crippen molar-refractivity contribution in [3.8, 4) is 0 Å². The van der Waals surface area contributed by atoms with E-state index in [0.29, 0.717) is 5.56 Å². The van der Waals surface area contributed by atoms with Gasteiger partial charge in [0.1, 0.15) is 0 Å². The molecule has 0 bridgehead atoms. The van der Waals surface area contributed by atoms with E-state index in [9.17, 15) is 9.59 Å². The summed E-state index contributed by atoms with van der Waals surface area (Å²) in [6, 6.07) is 12.0. The predicted octanol–water partition coefficient (Wildman–Crippen LogP) is 3.70. The number of likely N-dealkylation sites (tertiary alicyclic amines) is 1. The van der Waals surface area contributed by atoms with Crippen LogP contribution in [-0.4, -0.2) is 27.9 Å². The number of amides is 1. The molecule has 0 aliphatic carbocycles. The van der Waals surface area contributed by atoms with E-state index in [2.05, 4.69) is 41.1 Å². The van der Waals surface area contributed by atoms with Gasteiger partial charge in [-0.05, 0) is 50.2 Å². The van der Waals surface area contributed by atoms with E-state index in [-0.39, 0.29) is 17.0 Å². The van der Waals surface area contributed by atoms with E-state index < -0.39 is 0 Å². The van der Waals surface area contributed by atoms with Crippen LogP contribution < -0.4 is 5.56 Å². The highest BCUT2D eigenvalue weighted by Crippen LogP contribution is 2.37. The summed E-state index contributed by atoms with van der Waals surface area (Å²) < 4.78 is 0. The third kappa shape index (κ3) is 3.53. The SMILES string of the molecule is CCC1(CCc2ccccc2)CCCN1C(=O)c1c[nH]c(=O)cc1C. The van der Waals surface area contributed by atoms with Crippen LogP contribution in [0.2, 0.25) is 0 Å². The van der Waals surface area contributed by atoms with Crippen molar-refractivity contribution in [3.05, 3.63) is 69.6 Å². The molecule has 1 fully saturated rings. The number of carbonyl (C=O) groups is 1. The van der Waals surface area contributed by atoms with E-state index in [1.54, 1.807) is 6.20 Å². The van der Waals surface area contributed by atoms with Crippen LogP contribution >= 0.6 is 0 Å². The summed E-state index contributed by atoms with van der Waals surface area (Å²) in [6.07, 6.45) is 6.55. The number of aromatic nitrogens is 1. The van der Waals surface area contributed by atoms with Crippen molar-refractivity contribution in [2.24, 2.45) is 0 Å². The van der Waals surface area contributed by atoms with Crippen molar-refractivity contribution in [3.63, 3.8) is 0 Å². The summed E-state index contributed by atoms with van der Waals surface area (Å²) >= 11 is 0. The third-order valence-electron chi connectivity index (χ3n) is 5.58. The Hall–Kier alpha value is -2.36. The van der Waals surface area contributed by atoms with Gasteiger partial charge in [-0.25, -0.2) is 0 Å². The van der Waals surface area contributed by atoms with Gasteiger partial charge in [-0.3, -0.25) is 9.59 Å². The lowest BCUT2D eigenvalue weighted by Gasteiger charge is -2.38. The molecule has 132 valence electrons. The van der Waals surface area contributed by atoms with Crippen molar-refractivity contribution in [1.82, 2.24) is 9.88 Å². The van der Waals surface area contributed by atoms with Crippen molar-refractivity contribution in [2.45, 2.75) is 51.5 Å². The number of aromatic amines is 1. The zero-order valence-electron chi connectivity index (χ0n) is 15.0. The fourth-order valence-corrected chi connectivity index (χ4v) is 4.03. The first kappa shape index (κ1) is 17.5. The van der Waals surface area contributed by atoms with Gasteiger partial charge >= 0.3 is 0 Å². The highest BCUT2D eigenvalue weighted by atomic mass is 16.2. The molecule has 25 heavy (non-hydrogen) atoms. The van der Waals surface area contributed by atoms with Crippen LogP contribution in [0.4, 0.5) is 0 Å². The number of hydrogen-bond donors (Lipinski definition) is 1.